The summed E-state index contributed by atoms with van der Waals surface area (Å²) < 4.78 is 11.2. The van der Waals surface area contributed by atoms with Crippen molar-refractivity contribution >= 4 is 6.29 Å². The van der Waals surface area contributed by atoms with Crippen molar-refractivity contribution < 1.29 is 14.3 Å². The smallest absolute Gasteiger partial charge is 0.122 e. The molecule has 0 aromatic carbocycles. The highest BCUT2D eigenvalue weighted by molar-refractivity contribution is 5.51. The molecule has 0 atom stereocenters. The second kappa shape index (κ2) is 6.99. The molecule has 4 nitrogen and oxygen atoms in total. The van der Waals surface area contributed by atoms with Gasteiger partial charge in [-0.1, -0.05) is 0 Å². The number of carbonyl (C=O) groups excluding carboxylic acids is 1. The number of rotatable bonds is 9. The van der Waals surface area contributed by atoms with Crippen LogP contribution >= 0.6 is 0 Å². The first kappa shape index (κ1) is 15.6. The molecule has 0 bridgehead atoms. The van der Waals surface area contributed by atoms with E-state index in [1.807, 2.05) is 27.7 Å². The van der Waals surface area contributed by atoms with Crippen LogP contribution in [0.3, 0.4) is 0 Å². The van der Waals surface area contributed by atoms with Crippen LogP contribution in [0, 0.1) is 0 Å². The van der Waals surface area contributed by atoms with Crippen LogP contribution in [0.2, 0.25) is 0 Å². The quantitative estimate of drug-likeness (QED) is 0.611. The van der Waals surface area contributed by atoms with Crippen molar-refractivity contribution in [1.29, 1.82) is 0 Å². The van der Waals surface area contributed by atoms with Gasteiger partial charge in [0.1, 0.15) is 6.29 Å². The van der Waals surface area contributed by atoms with Crippen LogP contribution < -0.4 is 5.73 Å². The van der Waals surface area contributed by atoms with Gasteiger partial charge in [0.25, 0.3) is 0 Å². The van der Waals surface area contributed by atoms with Gasteiger partial charge in [-0.3, -0.25) is 0 Å². The first-order valence-electron chi connectivity index (χ1n) is 5.74. The third kappa shape index (κ3) is 7.79. The molecule has 0 amide bonds. The monoisotopic (exact) mass is 231 g/mol. The van der Waals surface area contributed by atoms with Gasteiger partial charge in [0, 0.05) is 13.0 Å². The van der Waals surface area contributed by atoms with Crippen LogP contribution in [0.15, 0.2) is 0 Å². The zero-order valence-corrected chi connectivity index (χ0v) is 10.9. The Morgan fingerprint density at radius 2 is 1.62 bits per heavy atom. The van der Waals surface area contributed by atoms with Crippen LogP contribution in [0.1, 0.15) is 40.5 Å². The Morgan fingerprint density at radius 3 is 2.12 bits per heavy atom. The SMILES string of the molecule is CC(C)(CC=O)OCCC(C)(C)OCCN. The number of ether oxygens (including phenoxy) is 2. The molecule has 0 aromatic rings. The third-order valence-electron chi connectivity index (χ3n) is 2.38. The molecule has 0 spiro atoms. The molecule has 4 heteroatoms. The van der Waals surface area contributed by atoms with Crippen LogP contribution in [0.5, 0.6) is 0 Å². The first-order valence-corrected chi connectivity index (χ1v) is 5.74. The maximum Gasteiger partial charge on any atom is 0.122 e. The zero-order valence-electron chi connectivity index (χ0n) is 10.9. The summed E-state index contributed by atoms with van der Waals surface area (Å²) in [5.74, 6) is 0. The van der Waals surface area contributed by atoms with Crippen molar-refractivity contribution in [3.05, 3.63) is 0 Å². The molecule has 0 aliphatic heterocycles. The third-order valence-corrected chi connectivity index (χ3v) is 2.38. The molecule has 16 heavy (non-hydrogen) atoms. The van der Waals surface area contributed by atoms with Gasteiger partial charge >= 0.3 is 0 Å². The second-order valence-electron chi connectivity index (χ2n) is 5.13. The predicted octanol–water partition coefficient (Wildman–Crippen LogP) is 1.51. The molecule has 0 rings (SSSR count). The minimum Gasteiger partial charge on any atom is -0.375 e. The van der Waals surface area contributed by atoms with E-state index in [2.05, 4.69) is 0 Å². The number of carbonyl (C=O) groups is 1. The summed E-state index contributed by atoms with van der Waals surface area (Å²) in [6.45, 7) is 9.52. The Hall–Kier alpha value is -0.450. The molecule has 2 N–H and O–H groups in total. The number of aldehydes is 1. The highest BCUT2D eigenvalue weighted by Gasteiger charge is 2.22. The Bertz CT molecular complexity index is 202. The fourth-order valence-corrected chi connectivity index (χ4v) is 1.24. The Kier molecular flexibility index (Phi) is 6.79. The molecule has 0 saturated heterocycles. The average Bonchev–Trinajstić information content (AvgIpc) is 2.14. The van der Waals surface area contributed by atoms with Gasteiger partial charge in [0.15, 0.2) is 0 Å². The molecular weight excluding hydrogens is 206 g/mol. The van der Waals surface area contributed by atoms with Gasteiger partial charge in [0.05, 0.1) is 24.4 Å². The largest absolute Gasteiger partial charge is 0.375 e. The van der Waals surface area contributed by atoms with E-state index >= 15 is 0 Å². The van der Waals surface area contributed by atoms with Gasteiger partial charge in [-0.25, -0.2) is 0 Å². The maximum atomic E-state index is 10.4. The van der Waals surface area contributed by atoms with Gasteiger partial charge in [-0.15, -0.1) is 0 Å². The minimum absolute atomic E-state index is 0.226. The second-order valence-corrected chi connectivity index (χ2v) is 5.13. The van der Waals surface area contributed by atoms with E-state index in [0.29, 0.717) is 26.2 Å². The molecular formula is C12H25NO3. The molecule has 96 valence electrons. The Morgan fingerprint density at radius 1 is 1.06 bits per heavy atom. The van der Waals surface area contributed by atoms with Crippen molar-refractivity contribution in [2.24, 2.45) is 5.73 Å². The molecule has 0 radical (unpaired) electrons. The molecule has 0 aliphatic carbocycles. The lowest BCUT2D eigenvalue weighted by atomic mass is 10.0. The topological polar surface area (TPSA) is 61.5 Å². The number of nitrogens with two attached hydrogens (primary N) is 1. The summed E-state index contributed by atoms with van der Waals surface area (Å²) in [6, 6.07) is 0. The average molecular weight is 231 g/mol. The highest BCUT2D eigenvalue weighted by Crippen LogP contribution is 2.18. The van der Waals surface area contributed by atoms with E-state index in [4.69, 9.17) is 15.2 Å². The van der Waals surface area contributed by atoms with Gasteiger partial charge in [-0.05, 0) is 34.1 Å². The van der Waals surface area contributed by atoms with E-state index in [1.54, 1.807) is 0 Å². The van der Waals surface area contributed by atoms with Gasteiger partial charge < -0.3 is 20.0 Å². The Labute approximate surface area is 98.5 Å². The normalized spacial score (nSPS) is 12.8. The van der Waals surface area contributed by atoms with Crippen molar-refractivity contribution in [2.75, 3.05) is 19.8 Å². The van der Waals surface area contributed by atoms with Gasteiger partial charge in [0.2, 0.25) is 0 Å². The van der Waals surface area contributed by atoms with E-state index in [1.165, 1.54) is 0 Å². The van der Waals surface area contributed by atoms with Crippen molar-refractivity contribution in [1.82, 2.24) is 0 Å². The number of hydrogen-bond donors (Lipinski definition) is 1. The van der Waals surface area contributed by atoms with E-state index in [-0.39, 0.29) is 11.2 Å². The van der Waals surface area contributed by atoms with Crippen LogP contribution in [-0.2, 0) is 14.3 Å². The summed E-state index contributed by atoms with van der Waals surface area (Å²) in [4.78, 5) is 10.4. The first-order chi connectivity index (χ1) is 7.33. The molecule has 0 saturated carbocycles. The summed E-state index contributed by atoms with van der Waals surface area (Å²) in [5.41, 5.74) is 4.77. The van der Waals surface area contributed by atoms with Crippen molar-refractivity contribution in [3.8, 4) is 0 Å². The fraction of sp³-hybridized carbons (Fsp3) is 0.917. The summed E-state index contributed by atoms with van der Waals surface area (Å²) >= 11 is 0. The maximum absolute atomic E-state index is 10.4. The van der Waals surface area contributed by atoms with Crippen molar-refractivity contribution in [3.63, 3.8) is 0 Å². The van der Waals surface area contributed by atoms with Crippen LogP contribution in [0.25, 0.3) is 0 Å². The molecule has 0 fully saturated rings. The molecule has 0 aromatic heterocycles. The lowest BCUT2D eigenvalue weighted by molar-refractivity contribution is -0.115. The van der Waals surface area contributed by atoms with E-state index in [0.717, 1.165) is 12.7 Å². The lowest BCUT2D eigenvalue weighted by Crippen LogP contribution is -2.32. The molecule has 0 heterocycles. The predicted molar refractivity (Wildman–Crippen MR) is 64.4 cm³/mol. The standard InChI is InChI=1S/C12H25NO3/c1-11(2,5-8-14)15-9-6-12(3,4)16-10-7-13/h8H,5-7,9-10,13H2,1-4H3. The van der Waals surface area contributed by atoms with Crippen LogP contribution in [-0.4, -0.2) is 37.2 Å². The minimum atomic E-state index is -0.383. The summed E-state index contributed by atoms with van der Waals surface area (Å²) in [6.07, 6.45) is 2.09. The van der Waals surface area contributed by atoms with Gasteiger partial charge in [-0.2, -0.15) is 0 Å². The Balaban J connectivity index is 3.83. The van der Waals surface area contributed by atoms with E-state index in [9.17, 15) is 4.79 Å². The van der Waals surface area contributed by atoms with Crippen molar-refractivity contribution in [2.45, 2.75) is 51.7 Å². The molecule has 0 unspecified atom stereocenters. The zero-order chi connectivity index (χ0) is 12.7. The molecule has 0 aliphatic rings. The summed E-state index contributed by atoms with van der Waals surface area (Å²) in [7, 11) is 0. The van der Waals surface area contributed by atoms with E-state index < -0.39 is 0 Å². The highest BCUT2D eigenvalue weighted by atomic mass is 16.5. The number of hydrogen-bond acceptors (Lipinski definition) is 4. The fourth-order valence-electron chi connectivity index (χ4n) is 1.24. The van der Waals surface area contributed by atoms with Crippen LogP contribution in [0.4, 0.5) is 0 Å². The summed E-state index contributed by atoms with van der Waals surface area (Å²) in [5, 5.41) is 0. The lowest BCUT2D eigenvalue weighted by Gasteiger charge is -2.28.